The standard InChI is InChI=1S/C13H23N3O4/c1-5-6-13(4,20)8-14-9(17)7-16-10(18)12(2,3)15-11(16)19/h20H,5-8H2,1-4H3,(H,14,17)(H,15,19). The van der Waals surface area contributed by atoms with Crippen molar-refractivity contribution in [3.05, 3.63) is 0 Å². The molecule has 0 aromatic rings. The first-order chi connectivity index (χ1) is 9.09. The highest BCUT2D eigenvalue weighted by molar-refractivity contribution is 6.08. The Balaban J connectivity index is 2.52. The van der Waals surface area contributed by atoms with E-state index in [0.29, 0.717) is 6.42 Å². The van der Waals surface area contributed by atoms with Crippen molar-refractivity contribution >= 4 is 17.8 Å². The Morgan fingerprint density at radius 3 is 2.50 bits per heavy atom. The minimum Gasteiger partial charge on any atom is -0.388 e. The van der Waals surface area contributed by atoms with E-state index >= 15 is 0 Å². The number of imide groups is 1. The molecule has 0 saturated carbocycles. The van der Waals surface area contributed by atoms with E-state index in [2.05, 4.69) is 10.6 Å². The second-order valence-electron chi connectivity index (χ2n) is 5.97. The molecule has 4 amide bonds. The van der Waals surface area contributed by atoms with E-state index in [1.807, 2.05) is 6.92 Å². The highest BCUT2D eigenvalue weighted by atomic mass is 16.3. The van der Waals surface area contributed by atoms with Crippen LogP contribution in [-0.2, 0) is 9.59 Å². The number of hydrogen-bond donors (Lipinski definition) is 3. The zero-order chi connectivity index (χ0) is 15.6. The highest BCUT2D eigenvalue weighted by Gasteiger charge is 2.44. The minimum atomic E-state index is -0.985. The summed E-state index contributed by atoms with van der Waals surface area (Å²) in [5, 5.41) is 15.0. The van der Waals surface area contributed by atoms with E-state index in [1.54, 1.807) is 20.8 Å². The lowest BCUT2D eigenvalue weighted by Crippen LogP contribution is -2.46. The third kappa shape index (κ3) is 3.93. The molecule has 3 N–H and O–H groups in total. The van der Waals surface area contributed by atoms with Gasteiger partial charge in [-0.1, -0.05) is 13.3 Å². The molecule has 1 fully saturated rings. The smallest absolute Gasteiger partial charge is 0.325 e. The van der Waals surface area contributed by atoms with E-state index < -0.39 is 29.0 Å². The van der Waals surface area contributed by atoms with Gasteiger partial charge in [0.1, 0.15) is 12.1 Å². The molecule has 1 rings (SSSR count). The Hall–Kier alpha value is -1.63. The van der Waals surface area contributed by atoms with Crippen LogP contribution in [0.2, 0.25) is 0 Å². The van der Waals surface area contributed by atoms with Crippen LogP contribution in [0.25, 0.3) is 0 Å². The molecule has 0 bridgehead atoms. The molecule has 0 aromatic carbocycles. The van der Waals surface area contributed by atoms with Gasteiger partial charge < -0.3 is 15.7 Å². The molecule has 0 aliphatic carbocycles. The number of rotatable bonds is 6. The van der Waals surface area contributed by atoms with Gasteiger partial charge in [-0.05, 0) is 27.2 Å². The van der Waals surface area contributed by atoms with E-state index in [9.17, 15) is 19.5 Å². The second-order valence-corrected chi connectivity index (χ2v) is 5.97. The quantitative estimate of drug-likeness (QED) is 0.597. The number of aliphatic hydroxyl groups is 1. The second kappa shape index (κ2) is 5.78. The summed E-state index contributed by atoms with van der Waals surface area (Å²) in [6.45, 7) is 6.48. The zero-order valence-corrected chi connectivity index (χ0v) is 12.4. The number of carbonyl (C=O) groups is 3. The summed E-state index contributed by atoms with van der Waals surface area (Å²) in [6.07, 6.45) is 1.35. The van der Waals surface area contributed by atoms with Gasteiger partial charge in [0.05, 0.1) is 5.60 Å². The van der Waals surface area contributed by atoms with E-state index in [1.165, 1.54) is 0 Å². The fraction of sp³-hybridized carbons (Fsp3) is 0.769. The van der Waals surface area contributed by atoms with Crippen LogP contribution in [0.5, 0.6) is 0 Å². The molecule has 7 heteroatoms. The molecule has 0 aromatic heterocycles. The molecule has 1 saturated heterocycles. The average molecular weight is 285 g/mol. The lowest BCUT2D eigenvalue weighted by Gasteiger charge is -2.23. The molecule has 0 radical (unpaired) electrons. The number of carbonyl (C=O) groups excluding carboxylic acids is 3. The molecule has 20 heavy (non-hydrogen) atoms. The molecular formula is C13H23N3O4. The van der Waals surface area contributed by atoms with E-state index in [0.717, 1.165) is 11.3 Å². The number of hydrogen-bond acceptors (Lipinski definition) is 4. The summed E-state index contributed by atoms with van der Waals surface area (Å²) < 4.78 is 0. The van der Waals surface area contributed by atoms with Gasteiger partial charge in [-0.25, -0.2) is 4.79 Å². The van der Waals surface area contributed by atoms with Gasteiger partial charge in [-0.3, -0.25) is 14.5 Å². The van der Waals surface area contributed by atoms with Crippen LogP contribution in [0.15, 0.2) is 0 Å². The largest absolute Gasteiger partial charge is 0.388 e. The molecular weight excluding hydrogens is 262 g/mol. The fourth-order valence-corrected chi connectivity index (χ4v) is 2.08. The first kappa shape index (κ1) is 16.4. The lowest BCUT2D eigenvalue weighted by molar-refractivity contribution is -0.134. The van der Waals surface area contributed by atoms with Crippen LogP contribution >= 0.6 is 0 Å². The van der Waals surface area contributed by atoms with Gasteiger partial charge in [0.25, 0.3) is 5.91 Å². The topological polar surface area (TPSA) is 98.7 Å². The molecule has 7 nitrogen and oxygen atoms in total. The Morgan fingerprint density at radius 2 is 2.05 bits per heavy atom. The van der Waals surface area contributed by atoms with Crippen molar-refractivity contribution in [2.75, 3.05) is 13.1 Å². The van der Waals surface area contributed by atoms with Crippen molar-refractivity contribution in [3.8, 4) is 0 Å². The van der Waals surface area contributed by atoms with Crippen molar-refractivity contribution < 1.29 is 19.5 Å². The van der Waals surface area contributed by atoms with Crippen molar-refractivity contribution in [3.63, 3.8) is 0 Å². The van der Waals surface area contributed by atoms with Crippen LogP contribution in [-0.4, -0.2) is 52.1 Å². The monoisotopic (exact) mass is 285 g/mol. The third-order valence-electron chi connectivity index (χ3n) is 3.20. The average Bonchev–Trinajstić information content (AvgIpc) is 2.49. The number of nitrogens with one attached hydrogen (secondary N) is 2. The Kier molecular flexibility index (Phi) is 4.75. The minimum absolute atomic E-state index is 0.0900. The van der Waals surface area contributed by atoms with Crippen LogP contribution < -0.4 is 10.6 Å². The van der Waals surface area contributed by atoms with Crippen molar-refractivity contribution in [2.45, 2.75) is 51.7 Å². The summed E-state index contributed by atoms with van der Waals surface area (Å²) in [6, 6.07) is -0.574. The maximum atomic E-state index is 11.9. The van der Waals surface area contributed by atoms with Crippen LogP contribution in [0.4, 0.5) is 4.79 Å². The Labute approximate surface area is 118 Å². The van der Waals surface area contributed by atoms with E-state index in [4.69, 9.17) is 0 Å². The predicted octanol–water partition coefficient (Wildman–Crippen LogP) is -0.0159. The van der Waals surface area contributed by atoms with Crippen molar-refractivity contribution in [2.24, 2.45) is 0 Å². The molecule has 114 valence electrons. The molecule has 1 heterocycles. The molecule has 0 spiro atoms. The van der Waals surface area contributed by atoms with Gasteiger partial charge in [0.15, 0.2) is 0 Å². The maximum Gasteiger partial charge on any atom is 0.325 e. The summed E-state index contributed by atoms with van der Waals surface area (Å²) in [7, 11) is 0. The summed E-state index contributed by atoms with van der Waals surface area (Å²) >= 11 is 0. The predicted molar refractivity (Wildman–Crippen MR) is 72.9 cm³/mol. The Bertz CT molecular complexity index is 418. The molecule has 1 atom stereocenters. The summed E-state index contributed by atoms with van der Waals surface area (Å²) in [5.74, 6) is -0.902. The Morgan fingerprint density at radius 1 is 1.45 bits per heavy atom. The van der Waals surface area contributed by atoms with Gasteiger partial charge in [0, 0.05) is 6.54 Å². The van der Waals surface area contributed by atoms with Crippen LogP contribution in [0.1, 0.15) is 40.5 Å². The third-order valence-corrected chi connectivity index (χ3v) is 3.20. The number of amides is 4. The van der Waals surface area contributed by atoms with Crippen molar-refractivity contribution in [1.29, 1.82) is 0 Å². The number of urea groups is 1. The number of nitrogens with zero attached hydrogens (tertiary/aromatic N) is 1. The SMILES string of the molecule is CCCC(C)(O)CNC(=O)CN1C(=O)NC(C)(C)C1=O. The zero-order valence-electron chi connectivity index (χ0n) is 12.4. The molecule has 1 unspecified atom stereocenters. The summed E-state index contributed by atoms with van der Waals surface area (Å²) in [5.41, 5.74) is -1.97. The molecule has 1 aliphatic rings. The van der Waals surface area contributed by atoms with Crippen LogP contribution in [0, 0.1) is 0 Å². The fourth-order valence-electron chi connectivity index (χ4n) is 2.08. The van der Waals surface area contributed by atoms with Gasteiger partial charge >= 0.3 is 6.03 Å². The summed E-state index contributed by atoms with van der Waals surface area (Å²) in [4.78, 5) is 36.1. The van der Waals surface area contributed by atoms with Crippen LogP contribution in [0.3, 0.4) is 0 Å². The van der Waals surface area contributed by atoms with E-state index in [-0.39, 0.29) is 13.1 Å². The van der Waals surface area contributed by atoms with Gasteiger partial charge in [0.2, 0.25) is 5.91 Å². The van der Waals surface area contributed by atoms with Gasteiger partial charge in [-0.2, -0.15) is 0 Å². The maximum absolute atomic E-state index is 11.9. The molecule has 1 aliphatic heterocycles. The first-order valence-electron chi connectivity index (χ1n) is 6.72. The normalized spacial score (nSPS) is 20.6. The van der Waals surface area contributed by atoms with Crippen molar-refractivity contribution in [1.82, 2.24) is 15.5 Å². The van der Waals surface area contributed by atoms with Gasteiger partial charge in [-0.15, -0.1) is 0 Å². The first-order valence-corrected chi connectivity index (χ1v) is 6.72. The highest BCUT2D eigenvalue weighted by Crippen LogP contribution is 2.16. The lowest BCUT2D eigenvalue weighted by atomic mass is 10.0.